The number of pyridine rings is 1. The van der Waals surface area contributed by atoms with Gasteiger partial charge in [0.2, 0.25) is 0 Å². The number of aromatic hydroxyl groups is 1. The fourth-order valence-corrected chi connectivity index (χ4v) is 2.56. The normalized spacial score (nSPS) is 11.3. The van der Waals surface area contributed by atoms with Gasteiger partial charge in [-0.05, 0) is 35.9 Å². The van der Waals surface area contributed by atoms with Crippen LogP contribution in [0, 0.1) is 11.3 Å². The summed E-state index contributed by atoms with van der Waals surface area (Å²) in [6, 6.07) is 10.3. The number of phenols is 1. The minimum absolute atomic E-state index is 0.0127. The maximum Gasteiger partial charge on any atom is 0.433 e. The third kappa shape index (κ3) is 3.02. The number of hydrogen-bond donors (Lipinski definition) is 2. The molecule has 5 nitrogen and oxygen atoms in total. The molecule has 26 heavy (non-hydrogen) atoms. The number of carbonyl (C=O) groups is 1. The number of nitrogens with zero attached hydrogens (tertiary/aromatic N) is 2. The zero-order valence-electron chi connectivity index (χ0n) is 12.9. The lowest BCUT2D eigenvalue weighted by Gasteiger charge is -2.11. The molecular formula is C18H9F3N2O3. The Labute approximate surface area is 144 Å². The Hall–Kier alpha value is -3.60. The van der Waals surface area contributed by atoms with Crippen LogP contribution in [0.15, 0.2) is 42.5 Å². The molecule has 1 heterocycles. The minimum atomic E-state index is -4.64. The molecule has 0 fully saturated rings. The number of rotatable bonds is 2. The summed E-state index contributed by atoms with van der Waals surface area (Å²) in [6.07, 6.45) is -4.64. The zero-order valence-corrected chi connectivity index (χ0v) is 12.9. The minimum Gasteiger partial charge on any atom is -0.507 e. The fourth-order valence-electron chi connectivity index (χ4n) is 2.56. The Kier molecular flexibility index (Phi) is 4.00. The Balaban J connectivity index is 2.31. The molecule has 0 saturated carbocycles. The summed E-state index contributed by atoms with van der Waals surface area (Å²) in [5, 5.41) is 28.3. The first-order valence-electron chi connectivity index (χ1n) is 7.19. The van der Waals surface area contributed by atoms with Gasteiger partial charge in [0.15, 0.2) is 0 Å². The summed E-state index contributed by atoms with van der Waals surface area (Å²) in [4.78, 5) is 14.7. The molecular weight excluding hydrogens is 349 g/mol. The number of benzene rings is 2. The largest absolute Gasteiger partial charge is 0.507 e. The highest BCUT2D eigenvalue weighted by Gasteiger charge is 2.32. The van der Waals surface area contributed by atoms with E-state index in [9.17, 15) is 23.1 Å². The van der Waals surface area contributed by atoms with Gasteiger partial charge in [-0.3, -0.25) is 0 Å². The summed E-state index contributed by atoms with van der Waals surface area (Å²) in [5.41, 5.74) is -0.850. The van der Waals surface area contributed by atoms with Crippen molar-refractivity contribution >= 4 is 16.9 Å². The number of halogens is 3. The Bertz CT molecular complexity index is 1090. The SMILES string of the molecule is N#Cc1cc(-c2ccc(C(=O)O)c(O)c2)c2nc(C(F)(F)F)ccc2c1. The molecule has 0 spiro atoms. The van der Waals surface area contributed by atoms with E-state index in [-0.39, 0.29) is 27.8 Å². The van der Waals surface area contributed by atoms with E-state index in [1.54, 1.807) is 0 Å². The monoisotopic (exact) mass is 358 g/mol. The second kappa shape index (κ2) is 6.04. The summed E-state index contributed by atoms with van der Waals surface area (Å²) < 4.78 is 38.9. The molecule has 0 aliphatic carbocycles. The van der Waals surface area contributed by atoms with Crippen molar-refractivity contribution in [2.45, 2.75) is 6.18 Å². The topological polar surface area (TPSA) is 94.2 Å². The van der Waals surface area contributed by atoms with Crippen LogP contribution in [0.2, 0.25) is 0 Å². The molecule has 3 aromatic rings. The third-order valence-electron chi connectivity index (χ3n) is 3.75. The first-order chi connectivity index (χ1) is 12.2. The van der Waals surface area contributed by atoms with E-state index in [1.807, 2.05) is 6.07 Å². The van der Waals surface area contributed by atoms with Crippen molar-refractivity contribution in [1.82, 2.24) is 4.98 Å². The number of carboxylic acids is 1. The van der Waals surface area contributed by atoms with Crippen molar-refractivity contribution in [3.05, 3.63) is 59.3 Å². The van der Waals surface area contributed by atoms with Gasteiger partial charge in [0.25, 0.3) is 0 Å². The molecule has 8 heteroatoms. The molecule has 1 aromatic heterocycles. The molecule has 0 aliphatic rings. The Morgan fingerprint density at radius 3 is 2.42 bits per heavy atom. The lowest BCUT2D eigenvalue weighted by Crippen LogP contribution is -2.08. The molecule has 2 aromatic carbocycles. The number of hydrogen-bond acceptors (Lipinski definition) is 4. The maximum atomic E-state index is 13.0. The number of fused-ring (bicyclic) bond motifs is 1. The highest BCUT2D eigenvalue weighted by Crippen LogP contribution is 2.35. The van der Waals surface area contributed by atoms with Gasteiger partial charge in [-0.2, -0.15) is 18.4 Å². The van der Waals surface area contributed by atoms with Gasteiger partial charge in [0.05, 0.1) is 17.1 Å². The van der Waals surface area contributed by atoms with Crippen molar-refractivity contribution < 1.29 is 28.2 Å². The quantitative estimate of drug-likeness (QED) is 0.716. The molecule has 0 bridgehead atoms. The van der Waals surface area contributed by atoms with E-state index >= 15 is 0 Å². The van der Waals surface area contributed by atoms with E-state index < -0.39 is 23.6 Å². The highest BCUT2D eigenvalue weighted by molar-refractivity contribution is 5.97. The van der Waals surface area contributed by atoms with E-state index in [1.165, 1.54) is 24.3 Å². The van der Waals surface area contributed by atoms with Crippen LogP contribution in [0.3, 0.4) is 0 Å². The average Bonchev–Trinajstić information content (AvgIpc) is 2.59. The molecule has 0 atom stereocenters. The fraction of sp³-hybridized carbons (Fsp3) is 0.0556. The summed E-state index contributed by atoms with van der Waals surface area (Å²) >= 11 is 0. The van der Waals surface area contributed by atoms with Gasteiger partial charge >= 0.3 is 12.1 Å². The molecule has 2 N–H and O–H groups in total. The van der Waals surface area contributed by atoms with Crippen molar-refractivity contribution in [3.8, 4) is 22.9 Å². The van der Waals surface area contributed by atoms with Crippen molar-refractivity contribution in [3.63, 3.8) is 0 Å². The van der Waals surface area contributed by atoms with Crippen LogP contribution in [-0.2, 0) is 6.18 Å². The molecule has 130 valence electrons. The van der Waals surface area contributed by atoms with E-state index in [4.69, 9.17) is 10.4 Å². The van der Waals surface area contributed by atoms with Gasteiger partial charge in [0.1, 0.15) is 17.0 Å². The van der Waals surface area contributed by atoms with Crippen LogP contribution in [0.1, 0.15) is 21.6 Å². The van der Waals surface area contributed by atoms with Crippen LogP contribution in [0.5, 0.6) is 5.75 Å². The van der Waals surface area contributed by atoms with Crippen LogP contribution in [0.4, 0.5) is 13.2 Å². The smallest absolute Gasteiger partial charge is 0.433 e. The van der Waals surface area contributed by atoms with Gasteiger partial charge in [-0.25, -0.2) is 9.78 Å². The Morgan fingerprint density at radius 1 is 1.12 bits per heavy atom. The number of alkyl halides is 3. The number of aromatic carboxylic acids is 1. The summed E-state index contributed by atoms with van der Waals surface area (Å²) in [7, 11) is 0. The van der Waals surface area contributed by atoms with Crippen molar-refractivity contribution in [2.75, 3.05) is 0 Å². The van der Waals surface area contributed by atoms with Gasteiger partial charge < -0.3 is 10.2 Å². The standard InChI is InChI=1S/C18H9F3N2O3/c19-18(20,21)15-4-2-11-5-9(8-22)6-13(16(11)23-15)10-1-3-12(17(25)26)14(24)7-10/h1-7,24H,(H,25,26). The summed E-state index contributed by atoms with van der Waals surface area (Å²) in [6.45, 7) is 0. The first kappa shape index (κ1) is 17.2. The highest BCUT2D eigenvalue weighted by atomic mass is 19.4. The average molecular weight is 358 g/mol. The first-order valence-corrected chi connectivity index (χ1v) is 7.19. The van der Waals surface area contributed by atoms with Gasteiger partial charge in [-0.15, -0.1) is 0 Å². The lowest BCUT2D eigenvalue weighted by atomic mass is 9.97. The van der Waals surface area contributed by atoms with Crippen LogP contribution in [0.25, 0.3) is 22.0 Å². The zero-order chi connectivity index (χ0) is 19.1. The van der Waals surface area contributed by atoms with Crippen molar-refractivity contribution in [1.29, 1.82) is 5.26 Å². The molecule has 0 saturated heterocycles. The molecule has 0 amide bonds. The van der Waals surface area contributed by atoms with Crippen LogP contribution < -0.4 is 0 Å². The molecule has 3 rings (SSSR count). The lowest BCUT2D eigenvalue weighted by molar-refractivity contribution is -0.140. The second-order valence-electron chi connectivity index (χ2n) is 5.44. The van der Waals surface area contributed by atoms with Crippen molar-refractivity contribution in [2.24, 2.45) is 0 Å². The molecule has 0 aliphatic heterocycles. The van der Waals surface area contributed by atoms with Gasteiger partial charge in [0, 0.05) is 10.9 Å². The number of nitriles is 1. The third-order valence-corrected chi connectivity index (χ3v) is 3.75. The van der Waals surface area contributed by atoms with Crippen LogP contribution >= 0.6 is 0 Å². The van der Waals surface area contributed by atoms with E-state index in [0.717, 1.165) is 18.2 Å². The number of carboxylic acid groups (broad SMARTS) is 1. The summed E-state index contributed by atoms with van der Waals surface area (Å²) in [5.74, 6) is -1.89. The maximum absolute atomic E-state index is 13.0. The molecule has 0 radical (unpaired) electrons. The molecule has 0 unspecified atom stereocenters. The van der Waals surface area contributed by atoms with E-state index in [0.29, 0.717) is 5.39 Å². The second-order valence-corrected chi connectivity index (χ2v) is 5.44. The van der Waals surface area contributed by atoms with Crippen LogP contribution in [-0.4, -0.2) is 21.2 Å². The van der Waals surface area contributed by atoms with E-state index in [2.05, 4.69) is 4.98 Å². The van der Waals surface area contributed by atoms with Gasteiger partial charge in [-0.1, -0.05) is 12.1 Å². The predicted molar refractivity (Wildman–Crippen MR) is 85.5 cm³/mol. The predicted octanol–water partition coefficient (Wildman–Crippen LogP) is 4.20. The Morgan fingerprint density at radius 2 is 1.85 bits per heavy atom. The number of aromatic nitrogens is 1.